The Hall–Kier alpha value is -4.83. The van der Waals surface area contributed by atoms with Gasteiger partial charge in [-0.15, -0.1) is 0 Å². The van der Waals surface area contributed by atoms with Gasteiger partial charge in [-0.05, 0) is 70.8 Å². The number of hydrogen-bond donors (Lipinski definition) is 1. The Morgan fingerprint density at radius 3 is 1.95 bits per heavy atom. The average molecular weight is 486 g/mol. The molecule has 1 N–H and O–H groups in total. The molecule has 0 bridgehead atoms. The molecule has 0 aliphatic heterocycles. The van der Waals surface area contributed by atoms with Crippen molar-refractivity contribution in [3.8, 4) is 28.4 Å². The van der Waals surface area contributed by atoms with Crippen LogP contribution in [0.25, 0.3) is 11.1 Å². The Bertz CT molecular complexity index is 1460. The first-order valence-corrected chi connectivity index (χ1v) is 12.1. The highest BCUT2D eigenvalue weighted by molar-refractivity contribution is 5.87. The van der Waals surface area contributed by atoms with Gasteiger partial charge in [0.1, 0.15) is 30.5 Å². The molecule has 37 heavy (non-hydrogen) atoms. The molecular weight excluding hydrogens is 458 g/mol. The van der Waals surface area contributed by atoms with Gasteiger partial charge in [0.2, 0.25) is 0 Å². The van der Waals surface area contributed by atoms with Crippen LogP contribution in [-0.4, -0.2) is 11.3 Å². The van der Waals surface area contributed by atoms with Crippen LogP contribution in [0.5, 0.6) is 17.2 Å². The van der Waals surface area contributed by atoms with Gasteiger partial charge in [0.15, 0.2) is 0 Å². The number of phenols is 1. The first kappa shape index (κ1) is 23.9. The van der Waals surface area contributed by atoms with Gasteiger partial charge in [-0.2, -0.15) is 0 Å². The van der Waals surface area contributed by atoms with Crippen molar-refractivity contribution in [3.05, 3.63) is 144 Å². The summed E-state index contributed by atoms with van der Waals surface area (Å²) in [7, 11) is 0. The predicted octanol–water partition coefficient (Wildman–Crippen LogP) is 7.97. The van der Waals surface area contributed by atoms with E-state index in [2.05, 4.69) is 29.3 Å². The van der Waals surface area contributed by atoms with E-state index in [1.54, 1.807) is 30.5 Å². The van der Waals surface area contributed by atoms with Crippen molar-refractivity contribution in [1.82, 2.24) is 0 Å². The number of aliphatic imine (C=N–C) groups is 1. The van der Waals surface area contributed by atoms with Gasteiger partial charge < -0.3 is 14.6 Å². The van der Waals surface area contributed by atoms with Gasteiger partial charge in [0, 0.05) is 11.8 Å². The van der Waals surface area contributed by atoms with Crippen molar-refractivity contribution in [2.45, 2.75) is 13.2 Å². The molecule has 5 rings (SSSR count). The van der Waals surface area contributed by atoms with Crippen LogP contribution in [-0.2, 0) is 13.2 Å². The van der Waals surface area contributed by atoms with Crippen LogP contribution in [0, 0.1) is 0 Å². The van der Waals surface area contributed by atoms with Crippen LogP contribution < -0.4 is 9.47 Å². The third kappa shape index (κ3) is 6.65. The van der Waals surface area contributed by atoms with E-state index in [-0.39, 0.29) is 5.75 Å². The van der Waals surface area contributed by atoms with Crippen molar-refractivity contribution in [1.29, 1.82) is 0 Å². The molecule has 0 aliphatic rings. The molecule has 0 saturated carbocycles. The van der Waals surface area contributed by atoms with Crippen LogP contribution in [0.3, 0.4) is 0 Å². The van der Waals surface area contributed by atoms with Crippen molar-refractivity contribution < 1.29 is 14.6 Å². The summed E-state index contributed by atoms with van der Waals surface area (Å²) in [5.41, 5.74) is 5.89. The molecule has 5 aromatic rings. The summed E-state index contributed by atoms with van der Waals surface area (Å²) in [6.07, 6.45) is 1.79. The Kier molecular flexibility index (Phi) is 7.58. The lowest BCUT2D eigenvalue weighted by Crippen LogP contribution is -1.99. The molecule has 0 aromatic heterocycles. The van der Waals surface area contributed by atoms with Crippen LogP contribution in [0.15, 0.2) is 132 Å². The second-order valence-electron chi connectivity index (χ2n) is 8.60. The van der Waals surface area contributed by atoms with E-state index in [0.717, 1.165) is 45.0 Å². The number of hydrogen-bond acceptors (Lipinski definition) is 4. The molecule has 0 saturated heterocycles. The van der Waals surface area contributed by atoms with Gasteiger partial charge in [0.05, 0.1) is 5.69 Å². The highest BCUT2D eigenvalue weighted by atomic mass is 16.5. The first-order valence-electron chi connectivity index (χ1n) is 12.1. The summed E-state index contributed by atoms with van der Waals surface area (Å²) in [6.45, 7) is 0.965. The van der Waals surface area contributed by atoms with Gasteiger partial charge >= 0.3 is 0 Å². The lowest BCUT2D eigenvalue weighted by molar-refractivity contribution is 0.305. The molecule has 0 fully saturated rings. The standard InChI is InChI=1S/C33H27NO3/c35-31-18-16-30(17-19-31)34-22-29-15-14-28(21-33(29)37-24-26-10-5-2-6-11-26)27-12-7-13-32(20-27)36-23-25-8-3-1-4-9-25/h1-22,35H,23-24H2. The fraction of sp³-hybridized carbons (Fsp3) is 0.0606. The average Bonchev–Trinajstić information content (AvgIpc) is 2.96. The fourth-order valence-corrected chi connectivity index (χ4v) is 3.87. The first-order chi connectivity index (χ1) is 18.2. The maximum absolute atomic E-state index is 9.53. The quantitative estimate of drug-likeness (QED) is 0.215. The Morgan fingerprint density at radius 2 is 1.24 bits per heavy atom. The van der Waals surface area contributed by atoms with Crippen molar-refractivity contribution in [3.63, 3.8) is 0 Å². The summed E-state index contributed by atoms with van der Waals surface area (Å²) < 4.78 is 12.3. The summed E-state index contributed by atoms with van der Waals surface area (Å²) in [5, 5.41) is 9.53. The Morgan fingerprint density at radius 1 is 0.595 bits per heavy atom. The zero-order valence-corrected chi connectivity index (χ0v) is 20.3. The van der Waals surface area contributed by atoms with Crippen molar-refractivity contribution >= 4 is 11.9 Å². The zero-order valence-electron chi connectivity index (χ0n) is 20.3. The zero-order chi connectivity index (χ0) is 25.3. The van der Waals surface area contributed by atoms with Crippen molar-refractivity contribution in [2.24, 2.45) is 4.99 Å². The number of benzene rings is 5. The molecule has 0 atom stereocenters. The molecule has 0 radical (unpaired) electrons. The van der Waals surface area contributed by atoms with Crippen LogP contribution in [0.2, 0.25) is 0 Å². The highest BCUT2D eigenvalue weighted by Crippen LogP contribution is 2.30. The number of ether oxygens (including phenoxy) is 2. The van der Waals surface area contributed by atoms with E-state index < -0.39 is 0 Å². The molecule has 182 valence electrons. The van der Waals surface area contributed by atoms with Crippen LogP contribution in [0.4, 0.5) is 5.69 Å². The summed E-state index contributed by atoms with van der Waals surface area (Å²) >= 11 is 0. The maximum atomic E-state index is 9.53. The molecule has 4 heteroatoms. The minimum absolute atomic E-state index is 0.213. The highest BCUT2D eigenvalue weighted by Gasteiger charge is 2.08. The Labute approximate surface area is 217 Å². The summed E-state index contributed by atoms with van der Waals surface area (Å²) in [6, 6.07) is 41.2. The SMILES string of the molecule is Oc1ccc(N=Cc2ccc(-c3cccc(OCc4ccccc4)c3)cc2OCc2ccccc2)cc1. The fourth-order valence-electron chi connectivity index (χ4n) is 3.87. The normalized spacial score (nSPS) is 10.9. The maximum Gasteiger partial charge on any atom is 0.129 e. The van der Waals surface area contributed by atoms with Gasteiger partial charge in [-0.1, -0.05) is 78.9 Å². The van der Waals surface area contributed by atoms with E-state index in [4.69, 9.17) is 9.47 Å². The summed E-state index contributed by atoms with van der Waals surface area (Å²) in [4.78, 5) is 4.57. The van der Waals surface area contributed by atoms with Crippen LogP contribution >= 0.6 is 0 Å². The summed E-state index contributed by atoms with van der Waals surface area (Å²) in [5.74, 6) is 1.76. The molecule has 0 unspecified atom stereocenters. The van der Waals surface area contributed by atoms with Gasteiger partial charge in [-0.25, -0.2) is 0 Å². The molecule has 4 nitrogen and oxygen atoms in total. The van der Waals surface area contributed by atoms with Gasteiger partial charge in [-0.3, -0.25) is 4.99 Å². The Balaban J connectivity index is 1.40. The minimum Gasteiger partial charge on any atom is -0.508 e. The number of nitrogens with zero attached hydrogens (tertiary/aromatic N) is 1. The number of rotatable bonds is 9. The van der Waals surface area contributed by atoms with E-state index in [1.165, 1.54) is 0 Å². The molecule has 0 amide bonds. The lowest BCUT2D eigenvalue weighted by Gasteiger charge is -2.13. The smallest absolute Gasteiger partial charge is 0.129 e. The van der Waals surface area contributed by atoms with Gasteiger partial charge in [0.25, 0.3) is 0 Å². The third-order valence-corrected chi connectivity index (χ3v) is 5.87. The minimum atomic E-state index is 0.213. The topological polar surface area (TPSA) is 51.1 Å². The third-order valence-electron chi connectivity index (χ3n) is 5.87. The predicted molar refractivity (Wildman–Crippen MR) is 149 cm³/mol. The second-order valence-corrected chi connectivity index (χ2v) is 8.60. The lowest BCUT2D eigenvalue weighted by atomic mass is 10.0. The largest absolute Gasteiger partial charge is 0.508 e. The van der Waals surface area contributed by atoms with Crippen LogP contribution in [0.1, 0.15) is 16.7 Å². The van der Waals surface area contributed by atoms with E-state index in [1.807, 2.05) is 78.9 Å². The van der Waals surface area contributed by atoms with E-state index in [0.29, 0.717) is 13.2 Å². The van der Waals surface area contributed by atoms with E-state index in [9.17, 15) is 5.11 Å². The van der Waals surface area contributed by atoms with Crippen molar-refractivity contribution in [2.75, 3.05) is 0 Å². The molecule has 5 aromatic carbocycles. The second kappa shape index (κ2) is 11.7. The molecular formula is C33H27NO3. The molecule has 0 heterocycles. The monoisotopic (exact) mass is 485 g/mol. The number of phenolic OH excluding ortho intramolecular Hbond substituents is 1. The number of aromatic hydroxyl groups is 1. The molecule has 0 aliphatic carbocycles. The van der Waals surface area contributed by atoms with E-state index >= 15 is 0 Å². The molecule has 0 spiro atoms.